The number of hydrogen-bond donors (Lipinski definition) is 1. The summed E-state index contributed by atoms with van der Waals surface area (Å²) in [6.45, 7) is 5.29. The summed E-state index contributed by atoms with van der Waals surface area (Å²) in [5.74, 6) is 0.0845. The Morgan fingerprint density at radius 2 is 1.94 bits per heavy atom. The van der Waals surface area contributed by atoms with E-state index in [1.165, 1.54) is 9.87 Å². The average Bonchev–Trinajstić information content (AvgIpc) is 2.75. The highest BCUT2D eigenvalue weighted by atomic mass is 35.5. The monoisotopic (exact) mass is 498 g/mol. The predicted octanol–water partition coefficient (Wildman–Crippen LogP) is 4.35. The van der Waals surface area contributed by atoms with E-state index in [1.807, 2.05) is 32.0 Å². The van der Waals surface area contributed by atoms with Crippen molar-refractivity contribution in [1.29, 1.82) is 0 Å². The van der Waals surface area contributed by atoms with E-state index in [0.717, 1.165) is 11.3 Å². The topological polar surface area (TPSA) is 75.7 Å². The van der Waals surface area contributed by atoms with E-state index in [-0.39, 0.29) is 24.1 Å². The van der Waals surface area contributed by atoms with Crippen LogP contribution < -0.4 is 10.1 Å². The van der Waals surface area contributed by atoms with Crippen LogP contribution in [-0.2, 0) is 20.6 Å². The third-order valence-corrected chi connectivity index (χ3v) is 8.03. The highest BCUT2D eigenvalue weighted by Gasteiger charge is 2.32. The van der Waals surface area contributed by atoms with Gasteiger partial charge in [-0.1, -0.05) is 47.0 Å². The Hall–Kier alpha value is -1.80. The summed E-state index contributed by atoms with van der Waals surface area (Å²) in [6.07, 6.45) is 1.29. The van der Waals surface area contributed by atoms with Crippen LogP contribution in [0.3, 0.4) is 0 Å². The molecule has 2 aromatic rings. The fourth-order valence-corrected chi connectivity index (χ4v) is 5.70. The third kappa shape index (κ3) is 6.61. The number of ether oxygens (including phenoxy) is 1. The maximum atomic E-state index is 12.9. The normalized spacial score (nSPS) is 17.2. The molecule has 3 rings (SSSR count). The van der Waals surface area contributed by atoms with Gasteiger partial charge in [-0.15, -0.1) is 0 Å². The van der Waals surface area contributed by atoms with Crippen molar-refractivity contribution in [1.82, 2.24) is 9.62 Å². The van der Waals surface area contributed by atoms with Crippen LogP contribution in [0.15, 0.2) is 36.4 Å². The molecule has 0 bridgehead atoms. The molecule has 0 saturated carbocycles. The number of aryl methyl sites for hydroxylation is 2. The largest absolute Gasteiger partial charge is 0.491 e. The second-order valence-corrected chi connectivity index (χ2v) is 10.9. The number of nitrogens with zero attached hydrogens (tertiary/aromatic N) is 1. The van der Waals surface area contributed by atoms with Crippen LogP contribution in [0.1, 0.15) is 29.5 Å². The van der Waals surface area contributed by atoms with Gasteiger partial charge < -0.3 is 10.1 Å². The average molecular weight is 499 g/mol. The molecule has 1 amide bonds. The molecule has 0 aromatic heterocycles. The lowest BCUT2D eigenvalue weighted by Crippen LogP contribution is -2.46. The molecule has 1 saturated heterocycles. The standard InChI is InChI=1S/C23H28Cl2N2O4S/c1-16-5-8-22(17(2)12-16)31-11-9-26-23(28)19-4-3-10-27(14-19)32(29,30)15-18-6-7-20(24)21(25)13-18/h5-8,12-13,19H,3-4,9-11,14-15H2,1-2H3,(H,26,28)/t19-/m0/s1. The molecule has 0 unspecified atom stereocenters. The van der Waals surface area contributed by atoms with Gasteiger partial charge in [0.1, 0.15) is 12.4 Å². The van der Waals surface area contributed by atoms with Crippen LogP contribution in [0.25, 0.3) is 0 Å². The molecule has 1 N–H and O–H groups in total. The van der Waals surface area contributed by atoms with Gasteiger partial charge in [0.2, 0.25) is 15.9 Å². The van der Waals surface area contributed by atoms with Crippen LogP contribution in [0, 0.1) is 19.8 Å². The first kappa shape index (κ1) is 24.8. The SMILES string of the molecule is Cc1ccc(OCCNC(=O)[C@H]2CCCN(S(=O)(=O)Cc3ccc(Cl)c(Cl)c3)C2)c(C)c1. The minimum Gasteiger partial charge on any atom is -0.491 e. The van der Waals surface area contributed by atoms with E-state index in [2.05, 4.69) is 5.32 Å². The number of piperidine rings is 1. The minimum absolute atomic E-state index is 0.149. The maximum Gasteiger partial charge on any atom is 0.224 e. The number of rotatable bonds is 8. The minimum atomic E-state index is -3.58. The first-order valence-corrected chi connectivity index (χ1v) is 12.9. The number of sulfonamides is 1. The quantitative estimate of drug-likeness (QED) is 0.549. The highest BCUT2D eigenvalue weighted by Crippen LogP contribution is 2.26. The highest BCUT2D eigenvalue weighted by molar-refractivity contribution is 7.88. The summed E-state index contributed by atoms with van der Waals surface area (Å²) in [7, 11) is -3.58. The smallest absolute Gasteiger partial charge is 0.224 e. The Balaban J connectivity index is 1.50. The molecule has 1 fully saturated rings. The Labute approximate surface area is 199 Å². The molecule has 1 aliphatic rings. The van der Waals surface area contributed by atoms with Crippen molar-refractivity contribution in [3.8, 4) is 5.75 Å². The number of halogens is 2. The second kappa shape index (κ2) is 10.9. The molecule has 1 aliphatic heterocycles. The van der Waals surface area contributed by atoms with Gasteiger partial charge in [0, 0.05) is 13.1 Å². The van der Waals surface area contributed by atoms with Gasteiger partial charge in [-0.3, -0.25) is 4.79 Å². The zero-order valence-electron chi connectivity index (χ0n) is 18.2. The van der Waals surface area contributed by atoms with Gasteiger partial charge in [-0.05, 0) is 56.0 Å². The molecule has 0 aliphatic carbocycles. The lowest BCUT2D eigenvalue weighted by molar-refractivity contribution is -0.126. The van der Waals surface area contributed by atoms with Crippen LogP contribution in [0.4, 0.5) is 0 Å². The van der Waals surface area contributed by atoms with Gasteiger partial charge in [-0.25, -0.2) is 12.7 Å². The maximum absolute atomic E-state index is 12.9. The van der Waals surface area contributed by atoms with E-state index in [9.17, 15) is 13.2 Å². The van der Waals surface area contributed by atoms with Crippen molar-refractivity contribution in [2.75, 3.05) is 26.2 Å². The van der Waals surface area contributed by atoms with Crippen molar-refractivity contribution in [2.24, 2.45) is 5.92 Å². The van der Waals surface area contributed by atoms with Crippen molar-refractivity contribution in [3.63, 3.8) is 0 Å². The van der Waals surface area contributed by atoms with Gasteiger partial charge >= 0.3 is 0 Å². The molecular weight excluding hydrogens is 471 g/mol. The summed E-state index contributed by atoms with van der Waals surface area (Å²) >= 11 is 11.9. The van der Waals surface area contributed by atoms with Crippen LogP contribution in [-0.4, -0.2) is 44.9 Å². The zero-order valence-corrected chi connectivity index (χ0v) is 20.6. The zero-order chi connectivity index (χ0) is 23.3. The lowest BCUT2D eigenvalue weighted by atomic mass is 9.99. The molecule has 2 aromatic carbocycles. The van der Waals surface area contributed by atoms with Crippen molar-refractivity contribution in [3.05, 3.63) is 63.1 Å². The first-order chi connectivity index (χ1) is 15.2. The predicted molar refractivity (Wildman–Crippen MR) is 128 cm³/mol. The number of carbonyl (C=O) groups is 1. The molecular formula is C23H28Cl2N2O4S. The Bertz CT molecular complexity index is 1080. The fourth-order valence-electron chi connectivity index (χ4n) is 3.78. The summed E-state index contributed by atoms with van der Waals surface area (Å²) in [6, 6.07) is 10.7. The molecule has 6 nitrogen and oxygen atoms in total. The Morgan fingerprint density at radius 1 is 1.16 bits per heavy atom. The lowest BCUT2D eigenvalue weighted by Gasteiger charge is -2.31. The van der Waals surface area contributed by atoms with Gasteiger partial charge in [0.05, 0.1) is 28.3 Å². The molecule has 0 radical (unpaired) electrons. The number of amides is 1. The van der Waals surface area contributed by atoms with Crippen molar-refractivity contribution < 1.29 is 17.9 Å². The van der Waals surface area contributed by atoms with Crippen LogP contribution in [0.5, 0.6) is 5.75 Å². The van der Waals surface area contributed by atoms with Gasteiger partial charge in [0.15, 0.2) is 0 Å². The molecule has 0 spiro atoms. The van der Waals surface area contributed by atoms with E-state index in [0.29, 0.717) is 48.1 Å². The van der Waals surface area contributed by atoms with E-state index < -0.39 is 10.0 Å². The molecule has 1 heterocycles. The number of hydrogen-bond acceptors (Lipinski definition) is 4. The second-order valence-electron chi connectivity index (χ2n) is 8.11. The summed E-state index contributed by atoms with van der Waals surface area (Å²) in [4.78, 5) is 12.6. The third-order valence-electron chi connectivity index (χ3n) is 5.47. The Morgan fingerprint density at radius 3 is 2.66 bits per heavy atom. The molecule has 9 heteroatoms. The summed E-state index contributed by atoms with van der Waals surface area (Å²) in [5, 5.41) is 3.57. The van der Waals surface area contributed by atoms with Crippen molar-refractivity contribution in [2.45, 2.75) is 32.4 Å². The van der Waals surface area contributed by atoms with E-state index >= 15 is 0 Å². The molecule has 1 atom stereocenters. The van der Waals surface area contributed by atoms with Crippen LogP contribution >= 0.6 is 23.2 Å². The van der Waals surface area contributed by atoms with E-state index in [1.54, 1.807) is 18.2 Å². The van der Waals surface area contributed by atoms with Gasteiger partial charge in [-0.2, -0.15) is 0 Å². The first-order valence-electron chi connectivity index (χ1n) is 10.6. The fraction of sp³-hybridized carbons (Fsp3) is 0.435. The summed E-state index contributed by atoms with van der Waals surface area (Å²) in [5.41, 5.74) is 2.78. The summed E-state index contributed by atoms with van der Waals surface area (Å²) < 4.78 is 32.9. The van der Waals surface area contributed by atoms with Crippen molar-refractivity contribution >= 4 is 39.1 Å². The van der Waals surface area contributed by atoms with E-state index in [4.69, 9.17) is 27.9 Å². The number of nitrogens with one attached hydrogen (secondary N) is 1. The van der Waals surface area contributed by atoms with Gasteiger partial charge in [0.25, 0.3) is 0 Å². The number of benzene rings is 2. The molecule has 32 heavy (non-hydrogen) atoms. The number of carbonyl (C=O) groups excluding carboxylic acids is 1. The van der Waals surface area contributed by atoms with Crippen LogP contribution in [0.2, 0.25) is 10.0 Å². The molecule has 174 valence electrons. The Kier molecular flexibility index (Phi) is 8.44.